The lowest BCUT2D eigenvalue weighted by atomic mass is 10.1. The summed E-state index contributed by atoms with van der Waals surface area (Å²) >= 11 is 6.00. The summed E-state index contributed by atoms with van der Waals surface area (Å²) in [5.41, 5.74) is 0.329. The van der Waals surface area contributed by atoms with Crippen LogP contribution in [-0.2, 0) is 6.54 Å². The van der Waals surface area contributed by atoms with Crippen LogP contribution in [0.1, 0.15) is 34.6 Å². The molecule has 1 amide bonds. The van der Waals surface area contributed by atoms with Crippen LogP contribution >= 0.6 is 11.6 Å². The maximum atomic E-state index is 13.5. The fraction of sp³-hybridized carbons (Fsp3) is 0.154. The molecular weight excluding hydrogens is 452 g/mol. The molecule has 0 saturated heterocycles. The molecule has 0 aliphatic rings. The predicted molar refractivity (Wildman–Crippen MR) is 132 cm³/mol. The molecule has 8 heteroatoms. The van der Waals surface area contributed by atoms with E-state index < -0.39 is 23.2 Å². The van der Waals surface area contributed by atoms with Crippen molar-refractivity contribution in [2.75, 3.05) is 7.05 Å². The lowest BCUT2D eigenvalue weighted by Crippen LogP contribution is -2.47. The molecule has 0 N–H and O–H groups in total. The van der Waals surface area contributed by atoms with E-state index in [0.29, 0.717) is 10.7 Å². The lowest BCUT2D eigenvalue weighted by molar-refractivity contribution is 0.0773. The van der Waals surface area contributed by atoms with Gasteiger partial charge in [-0.1, -0.05) is 72.3 Å². The van der Waals surface area contributed by atoms with Gasteiger partial charge in [-0.05, 0) is 42.3 Å². The molecule has 1 unspecified atom stereocenters. The van der Waals surface area contributed by atoms with Crippen LogP contribution in [0.5, 0.6) is 0 Å². The molecule has 0 bridgehead atoms. The zero-order valence-corrected chi connectivity index (χ0v) is 19.5. The number of benzene rings is 3. The van der Waals surface area contributed by atoms with Crippen molar-refractivity contribution < 1.29 is 4.79 Å². The highest BCUT2D eigenvalue weighted by Gasteiger charge is 2.25. The minimum atomic E-state index is -0.739. The van der Waals surface area contributed by atoms with E-state index in [2.05, 4.69) is 5.10 Å². The highest BCUT2D eigenvalue weighted by molar-refractivity contribution is 6.30. The Hall–Kier alpha value is -3.97. The fourth-order valence-electron chi connectivity index (χ4n) is 3.71. The molecule has 4 rings (SSSR count). The Kier molecular flexibility index (Phi) is 6.75. The Labute approximate surface area is 201 Å². The first-order chi connectivity index (χ1) is 16.4. The van der Waals surface area contributed by atoms with Crippen LogP contribution in [0.3, 0.4) is 0 Å². The van der Waals surface area contributed by atoms with Crippen molar-refractivity contribution in [3.8, 4) is 5.69 Å². The van der Waals surface area contributed by atoms with E-state index in [4.69, 9.17) is 11.6 Å². The molecule has 0 fully saturated rings. The van der Waals surface area contributed by atoms with Gasteiger partial charge >= 0.3 is 5.69 Å². The highest BCUT2D eigenvalue weighted by Crippen LogP contribution is 2.16. The Morgan fingerprint density at radius 2 is 1.53 bits per heavy atom. The molecule has 34 heavy (non-hydrogen) atoms. The average molecular weight is 475 g/mol. The van der Waals surface area contributed by atoms with Gasteiger partial charge in [0.15, 0.2) is 0 Å². The summed E-state index contributed by atoms with van der Waals surface area (Å²) in [5.74, 6) is -0.578. The van der Waals surface area contributed by atoms with Gasteiger partial charge in [0.05, 0.1) is 11.7 Å². The molecule has 172 valence electrons. The normalized spacial score (nSPS) is 11.7. The molecule has 7 nitrogen and oxygen atoms in total. The summed E-state index contributed by atoms with van der Waals surface area (Å²) in [6.45, 7) is 2.03. The number of hydrogen-bond donors (Lipinski definition) is 0. The largest absolute Gasteiger partial charge is 0.352 e. The zero-order valence-electron chi connectivity index (χ0n) is 18.8. The van der Waals surface area contributed by atoms with Crippen molar-refractivity contribution >= 4 is 17.5 Å². The quantitative estimate of drug-likeness (QED) is 0.424. The minimum Gasteiger partial charge on any atom is -0.336 e. The van der Waals surface area contributed by atoms with Crippen LogP contribution in [0.15, 0.2) is 94.5 Å². The third-order valence-corrected chi connectivity index (χ3v) is 5.81. The summed E-state index contributed by atoms with van der Waals surface area (Å²) in [6, 6.07) is 24.4. The monoisotopic (exact) mass is 474 g/mol. The van der Waals surface area contributed by atoms with Crippen LogP contribution in [0.4, 0.5) is 0 Å². The Balaban J connectivity index is 1.86. The maximum Gasteiger partial charge on any atom is 0.352 e. The first-order valence-corrected chi connectivity index (χ1v) is 11.1. The van der Waals surface area contributed by atoms with Crippen LogP contribution in [-0.4, -0.2) is 32.2 Å². The molecule has 3 aromatic carbocycles. The second-order valence-electron chi connectivity index (χ2n) is 7.93. The number of hydrogen-bond acceptors (Lipinski definition) is 4. The molecule has 0 spiro atoms. The third-order valence-electron chi connectivity index (χ3n) is 5.56. The summed E-state index contributed by atoms with van der Waals surface area (Å²) in [4.78, 5) is 41.6. The maximum absolute atomic E-state index is 13.5. The smallest absolute Gasteiger partial charge is 0.336 e. The number of amides is 1. The van der Waals surface area contributed by atoms with E-state index in [-0.39, 0.29) is 12.2 Å². The topological polar surface area (TPSA) is 77.2 Å². The number of rotatable bonds is 6. The molecule has 0 aliphatic heterocycles. The number of carbonyl (C=O) groups is 1. The first kappa shape index (κ1) is 23.2. The first-order valence-electron chi connectivity index (χ1n) is 10.7. The predicted octanol–water partition coefficient (Wildman–Crippen LogP) is 3.93. The summed E-state index contributed by atoms with van der Waals surface area (Å²) in [5, 5.41) is 4.70. The van der Waals surface area contributed by atoms with Crippen LogP contribution < -0.4 is 11.2 Å². The van der Waals surface area contributed by atoms with E-state index in [1.165, 1.54) is 4.90 Å². The van der Waals surface area contributed by atoms with Crippen LogP contribution in [0.2, 0.25) is 5.02 Å². The van der Waals surface area contributed by atoms with Crippen molar-refractivity contribution in [3.63, 3.8) is 0 Å². The standard InChI is InChI=1S/C26H23ClN4O3/c1-18(20-11-7-4-8-12-20)30-25(33)23(24(32)29(2)17-19-9-5-3-6-10-19)28-31(26(30)34)22-15-13-21(27)14-16-22/h3-16,18H,17H2,1-2H3. The second kappa shape index (κ2) is 9.89. The van der Waals surface area contributed by atoms with E-state index in [0.717, 1.165) is 20.4 Å². The third kappa shape index (κ3) is 4.70. The van der Waals surface area contributed by atoms with Gasteiger partial charge in [-0.3, -0.25) is 9.59 Å². The summed E-state index contributed by atoms with van der Waals surface area (Å²) in [7, 11) is 1.60. The molecule has 0 radical (unpaired) electrons. The Morgan fingerprint density at radius 1 is 0.941 bits per heavy atom. The average Bonchev–Trinajstić information content (AvgIpc) is 2.85. The Bertz CT molecular complexity index is 1410. The number of halogens is 1. The van der Waals surface area contributed by atoms with Crippen molar-refractivity contribution in [1.82, 2.24) is 19.2 Å². The molecule has 1 heterocycles. The fourth-order valence-corrected chi connectivity index (χ4v) is 3.83. The van der Waals surface area contributed by atoms with Crippen LogP contribution in [0, 0.1) is 0 Å². The van der Waals surface area contributed by atoms with Gasteiger partial charge in [0.1, 0.15) is 0 Å². The molecule has 1 aromatic heterocycles. The van der Waals surface area contributed by atoms with Gasteiger partial charge in [0, 0.05) is 18.6 Å². The van der Waals surface area contributed by atoms with Gasteiger partial charge in [-0.15, -0.1) is 0 Å². The number of aromatic nitrogens is 3. The van der Waals surface area contributed by atoms with Crippen molar-refractivity contribution in [1.29, 1.82) is 0 Å². The van der Waals surface area contributed by atoms with E-state index in [1.54, 1.807) is 38.2 Å². The number of carbonyl (C=O) groups excluding carboxylic acids is 1. The molecule has 0 aliphatic carbocycles. The van der Waals surface area contributed by atoms with Gasteiger partial charge in [0.2, 0.25) is 5.69 Å². The van der Waals surface area contributed by atoms with Crippen molar-refractivity contribution in [2.45, 2.75) is 19.5 Å². The van der Waals surface area contributed by atoms with Crippen molar-refractivity contribution in [3.05, 3.63) is 128 Å². The summed E-state index contributed by atoms with van der Waals surface area (Å²) < 4.78 is 2.14. The van der Waals surface area contributed by atoms with E-state index in [9.17, 15) is 14.4 Å². The van der Waals surface area contributed by atoms with Gasteiger partial charge in [0.25, 0.3) is 11.5 Å². The molecule has 1 atom stereocenters. The molecular formula is C26H23ClN4O3. The molecule has 0 saturated carbocycles. The van der Waals surface area contributed by atoms with Crippen LogP contribution in [0.25, 0.3) is 5.69 Å². The zero-order chi connectivity index (χ0) is 24.2. The second-order valence-corrected chi connectivity index (χ2v) is 8.36. The lowest BCUT2D eigenvalue weighted by Gasteiger charge is -2.20. The highest BCUT2D eigenvalue weighted by atomic mass is 35.5. The Morgan fingerprint density at radius 3 is 2.15 bits per heavy atom. The van der Waals surface area contributed by atoms with E-state index in [1.807, 2.05) is 60.7 Å². The van der Waals surface area contributed by atoms with Gasteiger partial charge in [-0.2, -0.15) is 9.78 Å². The number of nitrogens with zero attached hydrogens (tertiary/aromatic N) is 4. The van der Waals surface area contributed by atoms with Crippen molar-refractivity contribution in [2.24, 2.45) is 0 Å². The van der Waals surface area contributed by atoms with Gasteiger partial charge < -0.3 is 4.90 Å². The van der Waals surface area contributed by atoms with Gasteiger partial charge in [-0.25, -0.2) is 9.36 Å². The molecule has 4 aromatic rings. The summed E-state index contributed by atoms with van der Waals surface area (Å²) in [6.07, 6.45) is 0. The van der Waals surface area contributed by atoms with E-state index >= 15 is 0 Å². The minimum absolute atomic E-state index is 0.287. The SMILES string of the molecule is CC(c1ccccc1)n1c(=O)c(C(=O)N(C)Cc2ccccc2)nn(-c2ccc(Cl)cc2)c1=O.